The number of hydrogen-bond donors (Lipinski definition) is 0. The summed E-state index contributed by atoms with van der Waals surface area (Å²) in [6.07, 6.45) is 2.56. The van der Waals surface area contributed by atoms with Gasteiger partial charge in [0.15, 0.2) is 0 Å². The Morgan fingerprint density at radius 2 is 2.33 bits per heavy atom. The van der Waals surface area contributed by atoms with E-state index in [9.17, 15) is 4.57 Å². The maximum Gasteiger partial charge on any atom is 0.330 e. The highest BCUT2D eigenvalue weighted by Gasteiger charge is 2.25. The smallest absolute Gasteiger partial charge is 0.312 e. The molecule has 0 aromatic carbocycles. The summed E-state index contributed by atoms with van der Waals surface area (Å²) in [7, 11) is -1.16. The van der Waals surface area contributed by atoms with E-state index in [2.05, 4.69) is 0 Å². The van der Waals surface area contributed by atoms with Crippen molar-refractivity contribution in [3.63, 3.8) is 0 Å². The minimum Gasteiger partial charge on any atom is -0.312 e. The highest BCUT2D eigenvalue weighted by molar-refractivity contribution is 7.53. The summed E-state index contributed by atoms with van der Waals surface area (Å²) in [4.78, 5) is 0. The Kier molecular flexibility index (Phi) is 2.28. The van der Waals surface area contributed by atoms with E-state index in [-0.39, 0.29) is 0 Å². The molecule has 0 saturated carbocycles. The van der Waals surface area contributed by atoms with Crippen molar-refractivity contribution in [3.05, 3.63) is 0 Å². The zero-order valence-electron chi connectivity index (χ0n) is 5.50. The molecule has 0 aliphatic carbocycles. The first kappa shape index (κ1) is 7.26. The topological polar surface area (TPSA) is 35.5 Å². The van der Waals surface area contributed by atoms with Gasteiger partial charge in [-0.3, -0.25) is 4.57 Å². The fourth-order valence-corrected chi connectivity index (χ4v) is 2.25. The van der Waals surface area contributed by atoms with Gasteiger partial charge in [0.2, 0.25) is 0 Å². The zero-order valence-corrected chi connectivity index (χ0v) is 6.39. The van der Waals surface area contributed by atoms with Crippen LogP contribution in [0.4, 0.5) is 0 Å². The molecule has 0 spiro atoms. The van der Waals surface area contributed by atoms with Crippen LogP contribution in [0.2, 0.25) is 0 Å². The first-order valence-electron chi connectivity index (χ1n) is 3.06. The van der Waals surface area contributed by atoms with Gasteiger partial charge in [-0.05, 0) is 12.8 Å². The molecule has 1 saturated heterocycles. The maximum atomic E-state index is 11.2. The summed E-state index contributed by atoms with van der Waals surface area (Å²) in [5.41, 5.74) is 0. The van der Waals surface area contributed by atoms with Crippen LogP contribution < -0.4 is 0 Å². The van der Waals surface area contributed by atoms with Crippen LogP contribution in [0, 0.1) is 0 Å². The van der Waals surface area contributed by atoms with Crippen molar-refractivity contribution in [3.8, 4) is 0 Å². The van der Waals surface area contributed by atoms with Crippen molar-refractivity contribution in [2.75, 3.05) is 19.9 Å². The average molecular weight is 150 g/mol. The van der Waals surface area contributed by atoms with Gasteiger partial charge in [0.05, 0.1) is 12.8 Å². The van der Waals surface area contributed by atoms with Gasteiger partial charge in [-0.2, -0.15) is 0 Å². The fourth-order valence-electron chi connectivity index (χ4n) is 0.820. The van der Waals surface area contributed by atoms with Gasteiger partial charge in [-0.25, -0.2) is 0 Å². The summed E-state index contributed by atoms with van der Waals surface area (Å²) >= 11 is 0. The second-order valence-corrected chi connectivity index (χ2v) is 4.35. The molecule has 1 atom stereocenters. The molecule has 1 fully saturated rings. The Balaban J connectivity index is 2.47. The number of rotatable bonds is 1. The minimum atomic E-state index is -2.59. The Hall–Kier alpha value is 0.150. The van der Waals surface area contributed by atoms with Crippen molar-refractivity contribution >= 4 is 7.60 Å². The summed E-state index contributed by atoms with van der Waals surface area (Å²) in [5, 5.41) is 0. The van der Waals surface area contributed by atoms with E-state index >= 15 is 0 Å². The Morgan fingerprint density at radius 1 is 1.56 bits per heavy atom. The standard InChI is InChI=1S/C5H11O3P/c1-7-9(6)5-3-2-4-8-9/h2-5H2,1H3. The number of hydrogen-bond acceptors (Lipinski definition) is 3. The largest absolute Gasteiger partial charge is 0.330 e. The van der Waals surface area contributed by atoms with Crippen molar-refractivity contribution in [1.29, 1.82) is 0 Å². The van der Waals surface area contributed by atoms with Gasteiger partial charge in [0.25, 0.3) is 0 Å². The molecule has 54 valence electrons. The van der Waals surface area contributed by atoms with Crippen LogP contribution in [0.3, 0.4) is 0 Å². The van der Waals surface area contributed by atoms with E-state index in [1.54, 1.807) is 0 Å². The molecule has 4 heteroatoms. The van der Waals surface area contributed by atoms with Crippen LogP contribution in [0.25, 0.3) is 0 Å². The average Bonchev–Trinajstić information content (AvgIpc) is 1.90. The van der Waals surface area contributed by atoms with Gasteiger partial charge >= 0.3 is 7.60 Å². The van der Waals surface area contributed by atoms with Gasteiger partial charge in [0, 0.05) is 7.11 Å². The van der Waals surface area contributed by atoms with E-state index in [0.29, 0.717) is 12.8 Å². The van der Waals surface area contributed by atoms with Crippen LogP contribution in [-0.2, 0) is 13.6 Å². The molecule has 1 aliphatic rings. The van der Waals surface area contributed by atoms with E-state index in [0.717, 1.165) is 12.8 Å². The van der Waals surface area contributed by atoms with E-state index < -0.39 is 7.60 Å². The third-order valence-electron chi connectivity index (χ3n) is 1.39. The van der Waals surface area contributed by atoms with Crippen molar-refractivity contribution in [2.24, 2.45) is 0 Å². The second kappa shape index (κ2) is 2.82. The molecule has 9 heavy (non-hydrogen) atoms. The highest BCUT2D eigenvalue weighted by Crippen LogP contribution is 2.50. The first-order valence-corrected chi connectivity index (χ1v) is 4.79. The minimum absolute atomic E-state index is 0.587. The molecule has 1 unspecified atom stereocenters. The molecule has 0 aromatic heterocycles. The quantitative estimate of drug-likeness (QED) is 0.533. The summed E-state index contributed by atoms with van der Waals surface area (Å²) in [5.74, 6) is 0. The van der Waals surface area contributed by atoms with Crippen molar-refractivity contribution in [1.82, 2.24) is 0 Å². The molecule has 3 nitrogen and oxygen atoms in total. The Labute approximate surface area is 54.9 Å². The molecule has 1 rings (SSSR count). The van der Waals surface area contributed by atoms with E-state index in [1.807, 2.05) is 0 Å². The Bertz CT molecular complexity index is 124. The molecule has 0 amide bonds. The normalized spacial score (nSPS) is 36.6. The molecular weight excluding hydrogens is 139 g/mol. The van der Waals surface area contributed by atoms with Crippen LogP contribution >= 0.6 is 7.60 Å². The van der Waals surface area contributed by atoms with Crippen LogP contribution in [0.15, 0.2) is 0 Å². The lowest BCUT2D eigenvalue weighted by molar-refractivity contribution is 0.213. The lowest BCUT2D eigenvalue weighted by atomic mass is 10.4. The first-order chi connectivity index (χ1) is 4.27. The summed E-state index contributed by atoms with van der Waals surface area (Å²) in [6, 6.07) is 0. The van der Waals surface area contributed by atoms with Gasteiger partial charge < -0.3 is 9.05 Å². The van der Waals surface area contributed by atoms with Crippen LogP contribution in [-0.4, -0.2) is 19.9 Å². The SMILES string of the molecule is COP1(=O)CCCCO1. The summed E-state index contributed by atoms with van der Waals surface area (Å²) in [6.45, 7) is 0.588. The highest BCUT2D eigenvalue weighted by atomic mass is 31.2. The monoisotopic (exact) mass is 150 g/mol. The predicted octanol–water partition coefficient (Wildman–Crippen LogP) is 1.64. The molecule has 0 N–H and O–H groups in total. The van der Waals surface area contributed by atoms with Gasteiger partial charge in [0.1, 0.15) is 0 Å². The lowest BCUT2D eigenvalue weighted by Crippen LogP contribution is -2.06. The molecule has 1 heterocycles. The lowest BCUT2D eigenvalue weighted by Gasteiger charge is -2.20. The van der Waals surface area contributed by atoms with Gasteiger partial charge in [-0.1, -0.05) is 0 Å². The van der Waals surface area contributed by atoms with E-state index in [4.69, 9.17) is 9.05 Å². The zero-order chi connectivity index (χ0) is 6.74. The third kappa shape index (κ3) is 1.78. The molecule has 0 aromatic rings. The fraction of sp³-hybridized carbons (Fsp3) is 1.00. The molecular formula is C5H11O3P. The summed E-state index contributed by atoms with van der Waals surface area (Å²) < 4.78 is 20.8. The molecule has 1 aliphatic heterocycles. The van der Waals surface area contributed by atoms with E-state index in [1.165, 1.54) is 7.11 Å². The van der Waals surface area contributed by atoms with Gasteiger partial charge in [-0.15, -0.1) is 0 Å². The molecule has 0 radical (unpaired) electrons. The second-order valence-electron chi connectivity index (χ2n) is 2.06. The van der Waals surface area contributed by atoms with Crippen molar-refractivity contribution in [2.45, 2.75) is 12.8 Å². The molecule has 0 bridgehead atoms. The van der Waals surface area contributed by atoms with Crippen LogP contribution in [0.1, 0.15) is 12.8 Å². The maximum absolute atomic E-state index is 11.2. The third-order valence-corrected chi connectivity index (χ3v) is 3.39. The Morgan fingerprint density at radius 3 is 2.67 bits per heavy atom. The van der Waals surface area contributed by atoms with Crippen molar-refractivity contribution < 1.29 is 13.6 Å². The predicted molar refractivity (Wildman–Crippen MR) is 34.7 cm³/mol. The van der Waals surface area contributed by atoms with Crippen LogP contribution in [0.5, 0.6) is 0 Å².